The fourth-order valence-corrected chi connectivity index (χ4v) is 4.61. The topological polar surface area (TPSA) is 101 Å². The van der Waals surface area contributed by atoms with Crippen LogP contribution in [0.1, 0.15) is 25.5 Å². The first-order valence-corrected chi connectivity index (χ1v) is 12.3. The molecule has 0 aliphatic heterocycles. The van der Waals surface area contributed by atoms with Crippen LogP contribution in [0.25, 0.3) is 0 Å². The van der Waals surface area contributed by atoms with Gasteiger partial charge in [-0.05, 0) is 43.7 Å². The molecule has 0 heterocycles. The van der Waals surface area contributed by atoms with Crippen molar-refractivity contribution in [1.29, 1.82) is 0 Å². The lowest BCUT2D eigenvalue weighted by Gasteiger charge is -2.29. The highest BCUT2D eigenvalue weighted by atomic mass is 32.2. The van der Waals surface area contributed by atoms with Gasteiger partial charge >= 0.3 is 0 Å². The second kappa shape index (κ2) is 8.32. The van der Waals surface area contributed by atoms with Crippen molar-refractivity contribution < 1.29 is 21.6 Å². The van der Waals surface area contributed by atoms with Crippen LogP contribution < -0.4 is 9.62 Å². The maximum atomic E-state index is 12.7. The summed E-state index contributed by atoms with van der Waals surface area (Å²) in [5.41, 5.74) is 1.11. The summed E-state index contributed by atoms with van der Waals surface area (Å²) in [6, 6.07) is 13.2. The summed E-state index contributed by atoms with van der Waals surface area (Å²) in [4.78, 5) is 12.9. The number of sulfonamides is 1. The number of hydrogen-bond acceptors (Lipinski definition) is 5. The molecule has 7 nitrogen and oxygen atoms in total. The van der Waals surface area contributed by atoms with Gasteiger partial charge in [0, 0.05) is 6.26 Å². The van der Waals surface area contributed by atoms with Crippen LogP contribution in [-0.2, 0) is 24.7 Å². The molecule has 0 aliphatic rings. The number of benzene rings is 2. The van der Waals surface area contributed by atoms with E-state index >= 15 is 0 Å². The van der Waals surface area contributed by atoms with Crippen molar-refractivity contribution in [3.63, 3.8) is 0 Å². The molecule has 1 amide bonds. The van der Waals surface area contributed by atoms with E-state index in [1.807, 2.05) is 0 Å². The highest BCUT2D eigenvalue weighted by Crippen LogP contribution is 2.21. The zero-order chi connectivity index (χ0) is 21.1. The fraction of sp³-hybridized carbons (Fsp3) is 0.316. The summed E-state index contributed by atoms with van der Waals surface area (Å²) >= 11 is 0. The quantitative estimate of drug-likeness (QED) is 0.734. The van der Waals surface area contributed by atoms with E-state index in [2.05, 4.69) is 5.32 Å². The minimum atomic E-state index is -3.68. The van der Waals surface area contributed by atoms with Crippen LogP contribution >= 0.6 is 0 Å². The molecule has 2 rings (SSSR count). The van der Waals surface area contributed by atoms with Crippen LogP contribution in [0, 0.1) is 0 Å². The Morgan fingerprint density at radius 2 is 1.43 bits per heavy atom. The molecule has 0 aromatic heterocycles. The van der Waals surface area contributed by atoms with Gasteiger partial charge in [0.15, 0.2) is 9.84 Å². The number of para-hydroxylation sites is 1. The molecule has 0 spiro atoms. The monoisotopic (exact) mass is 424 g/mol. The maximum absolute atomic E-state index is 12.7. The van der Waals surface area contributed by atoms with Gasteiger partial charge in [0.2, 0.25) is 15.9 Å². The zero-order valence-corrected chi connectivity index (χ0v) is 17.8. The molecule has 0 aliphatic carbocycles. The number of carbonyl (C=O) groups is 1. The maximum Gasteiger partial charge on any atom is 0.244 e. The van der Waals surface area contributed by atoms with Gasteiger partial charge in [-0.1, -0.05) is 30.3 Å². The van der Waals surface area contributed by atoms with Gasteiger partial charge in [0.1, 0.15) is 6.04 Å². The number of amides is 1. The van der Waals surface area contributed by atoms with E-state index < -0.39 is 37.9 Å². The Morgan fingerprint density at radius 1 is 0.893 bits per heavy atom. The molecule has 2 aromatic rings. The van der Waals surface area contributed by atoms with Gasteiger partial charge in [-0.15, -0.1) is 0 Å². The molecule has 1 N–H and O–H groups in total. The summed E-state index contributed by atoms with van der Waals surface area (Å²) in [5.74, 6) is -0.464. The highest BCUT2D eigenvalue weighted by Gasteiger charge is 2.29. The molecule has 9 heteroatoms. The molecular formula is C19H24N2O5S2. The normalized spacial score (nSPS) is 14.1. The largest absolute Gasteiger partial charge is 0.348 e. The van der Waals surface area contributed by atoms with E-state index in [0.717, 1.165) is 16.8 Å². The summed E-state index contributed by atoms with van der Waals surface area (Å²) in [6.07, 6.45) is 2.18. The highest BCUT2D eigenvalue weighted by molar-refractivity contribution is 7.92. The second-order valence-corrected chi connectivity index (χ2v) is 10.5. The Hall–Kier alpha value is -2.39. The second-order valence-electron chi connectivity index (χ2n) is 6.64. The zero-order valence-electron chi connectivity index (χ0n) is 16.2. The first-order valence-electron chi connectivity index (χ1n) is 8.56. The molecule has 0 radical (unpaired) electrons. The molecule has 0 saturated heterocycles. The molecule has 152 valence electrons. The third-order valence-electron chi connectivity index (χ3n) is 4.27. The lowest BCUT2D eigenvalue weighted by Crippen LogP contribution is -2.48. The number of carbonyl (C=O) groups excluding carboxylic acids is 1. The third kappa shape index (κ3) is 5.32. The van der Waals surface area contributed by atoms with Crippen LogP contribution in [-0.4, -0.2) is 41.3 Å². The smallest absolute Gasteiger partial charge is 0.244 e. The summed E-state index contributed by atoms with van der Waals surface area (Å²) in [5, 5.41) is 2.78. The van der Waals surface area contributed by atoms with Crippen molar-refractivity contribution in [3.8, 4) is 0 Å². The Balaban J connectivity index is 2.20. The fourth-order valence-electron chi connectivity index (χ4n) is 2.80. The van der Waals surface area contributed by atoms with Crippen molar-refractivity contribution in [1.82, 2.24) is 5.32 Å². The number of sulfone groups is 1. The Labute approximate surface area is 166 Å². The first kappa shape index (κ1) is 21.9. The molecule has 0 unspecified atom stereocenters. The minimum Gasteiger partial charge on any atom is -0.348 e. The van der Waals surface area contributed by atoms with E-state index in [4.69, 9.17) is 0 Å². The van der Waals surface area contributed by atoms with E-state index in [1.54, 1.807) is 49.4 Å². The molecule has 28 heavy (non-hydrogen) atoms. The van der Waals surface area contributed by atoms with Gasteiger partial charge in [-0.2, -0.15) is 0 Å². The van der Waals surface area contributed by atoms with Crippen molar-refractivity contribution in [2.24, 2.45) is 0 Å². The van der Waals surface area contributed by atoms with Crippen LogP contribution in [0.4, 0.5) is 5.69 Å². The molecule has 2 aromatic carbocycles. The predicted molar refractivity (Wildman–Crippen MR) is 109 cm³/mol. The van der Waals surface area contributed by atoms with Crippen molar-refractivity contribution in [2.45, 2.75) is 30.8 Å². The van der Waals surface area contributed by atoms with Crippen molar-refractivity contribution in [3.05, 3.63) is 60.2 Å². The average Bonchev–Trinajstić information content (AvgIpc) is 2.60. The molecular weight excluding hydrogens is 400 g/mol. The Kier molecular flexibility index (Phi) is 6.51. The third-order valence-corrected chi connectivity index (χ3v) is 6.64. The van der Waals surface area contributed by atoms with Crippen molar-refractivity contribution >= 4 is 31.5 Å². The predicted octanol–water partition coefficient (Wildman–Crippen LogP) is 2.12. The minimum absolute atomic E-state index is 0.190. The van der Waals surface area contributed by atoms with Gasteiger partial charge in [-0.3, -0.25) is 9.10 Å². The van der Waals surface area contributed by atoms with E-state index in [9.17, 15) is 21.6 Å². The molecule has 0 bridgehead atoms. The molecule has 0 fully saturated rings. The van der Waals surface area contributed by atoms with Crippen LogP contribution in [0.15, 0.2) is 59.5 Å². The summed E-state index contributed by atoms with van der Waals surface area (Å²) < 4.78 is 48.7. The Morgan fingerprint density at radius 3 is 1.89 bits per heavy atom. The number of nitrogens with one attached hydrogen (secondary N) is 1. The van der Waals surface area contributed by atoms with Crippen molar-refractivity contribution in [2.75, 3.05) is 16.8 Å². The summed E-state index contributed by atoms with van der Waals surface area (Å²) in [6.45, 7) is 3.26. The lowest BCUT2D eigenvalue weighted by atomic mass is 10.1. The summed E-state index contributed by atoms with van der Waals surface area (Å²) in [7, 11) is -6.98. The van der Waals surface area contributed by atoms with E-state index in [1.165, 1.54) is 19.1 Å². The van der Waals surface area contributed by atoms with E-state index in [-0.39, 0.29) is 4.90 Å². The van der Waals surface area contributed by atoms with E-state index in [0.29, 0.717) is 11.3 Å². The average molecular weight is 425 g/mol. The van der Waals surface area contributed by atoms with Gasteiger partial charge in [0.05, 0.1) is 22.9 Å². The standard InChI is InChI=1S/C19H24N2O5S2/c1-14(16-10-12-18(13-11-16)27(3,23)24)20-19(22)15(2)21(28(4,25)26)17-8-6-5-7-9-17/h5-15H,1-4H3,(H,20,22)/t14-,15+/m0/s1. The lowest BCUT2D eigenvalue weighted by molar-refractivity contribution is -0.122. The van der Waals surface area contributed by atoms with Gasteiger partial charge < -0.3 is 5.32 Å². The molecule has 0 saturated carbocycles. The molecule has 2 atom stereocenters. The van der Waals surface area contributed by atoms with Crippen LogP contribution in [0.2, 0.25) is 0 Å². The SMILES string of the molecule is C[C@H](NC(=O)[C@@H](C)N(c1ccccc1)S(C)(=O)=O)c1ccc(S(C)(=O)=O)cc1. The number of nitrogens with zero attached hydrogens (tertiary/aromatic N) is 1. The van der Waals surface area contributed by atoms with Gasteiger partial charge in [0.25, 0.3) is 0 Å². The number of anilines is 1. The van der Waals surface area contributed by atoms with Gasteiger partial charge in [-0.25, -0.2) is 16.8 Å². The number of hydrogen-bond donors (Lipinski definition) is 1. The first-order chi connectivity index (χ1) is 12.9. The number of rotatable bonds is 7. The van der Waals surface area contributed by atoms with Crippen LogP contribution in [0.5, 0.6) is 0 Å². The van der Waals surface area contributed by atoms with Crippen LogP contribution in [0.3, 0.4) is 0 Å². The Bertz CT molecular complexity index is 1030.